The molecule has 1 saturated carbocycles. The zero-order valence-corrected chi connectivity index (χ0v) is 13.6. The predicted molar refractivity (Wildman–Crippen MR) is 85.9 cm³/mol. The van der Waals surface area contributed by atoms with Gasteiger partial charge >= 0.3 is 6.03 Å². The number of amides is 4. The number of imide groups is 1. The number of benzene rings is 1. The topological polar surface area (TPSA) is 78.5 Å². The number of urea groups is 1. The molecule has 0 bridgehead atoms. The summed E-state index contributed by atoms with van der Waals surface area (Å²) in [5.74, 6) is -0.495. The van der Waals surface area contributed by atoms with Gasteiger partial charge in [0.25, 0.3) is 5.91 Å². The van der Waals surface area contributed by atoms with Crippen LogP contribution in [0.15, 0.2) is 18.2 Å². The Hall–Kier alpha value is -2.37. The number of aryl methyl sites for hydroxylation is 2. The van der Waals surface area contributed by atoms with Gasteiger partial charge in [0.05, 0.1) is 0 Å². The van der Waals surface area contributed by atoms with Crippen LogP contribution in [0.5, 0.6) is 0 Å². The molecule has 4 amide bonds. The van der Waals surface area contributed by atoms with Gasteiger partial charge in [-0.05, 0) is 62.8 Å². The minimum atomic E-state index is -0.850. The molecular formula is C17H21N3O3. The van der Waals surface area contributed by atoms with Crippen molar-refractivity contribution >= 4 is 23.5 Å². The van der Waals surface area contributed by atoms with Crippen LogP contribution in [0.4, 0.5) is 10.5 Å². The SMILES string of the molecule is Cc1cc(C)cc(NC(=O)CN2C(=O)N[C@](C)(C3CC3)C2=O)c1. The number of carbonyl (C=O) groups excluding carboxylic acids is 3. The molecule has 2 N–H and O–H groups in total. The maximum Gasteiger partial charge on any atom is 0.325 e. The molecule has 1 aromatic carbocycles. The summed E-state index contributed by atoms with van der Waals surface area (Å²) in [6, 6.07) is 5.23. The largest absolute Gasteiger partial charge is 0.325 e. The van der Waals surface area contributed by atoms with Crippen LogP contribution in [0.2, 0.25) is 0 Å². The smallest absolute Gasteiger partial charge is 0.325 e. The van der Waals surface area contributed by atoms with Crippen LogP contribution in [0, 0.1) is 19.8 Å². The Morgan fingerprint density at radius 3 is 2.43 bits per heavy atom. The molecule has 0 radical (unpaired) electrons. The summed E-state index contributed by atoms with van der Waals surface area (Å²) in [6.45, 7) is 5.37. The van der Waals surface area contributed by atoms with Gasteiger partial charge in [-0.2, -0.15) is 0 Å². The van der Waals surface area contributed by atoms with E-state index in [4.69, 9.17) is 0 Å². The fourth-order valence-corrected chi connectivity index (χ4v) is 3.19. The molecule has 0 unspecified atom stereocenters. The summed E-state index contributed by atoms with van der Waals surface area (Å²) < 4.78 is 0. The van der Waals surface area contributed by atoms with Gasteiger partial charge in [-0.25, -0.2) is 4.79 Å². The van der Waals surface area contributed by atoms with E-state index in [1.807, 2.05) is 32.0 Å². The maximum atomic E-state index is 12.5. The second-order valence-electron chi connectivity index (χ2n) is 6.72. The fourth-order valence-electron chi connectivity index (χ4n) is 3.19. The summed E-state index contributed by atoms with van der Waals surface area (Å²) in [5, 5.41) is 5.49. The van der Waals surface area contributed by atoms with Gasteiger partial charge in [0.2, 0.25) is 5.91 Å². The van der Waals surface area contributed by atoms with Crippen molar-refractivity contribution in [2.45, 2.75) is 39.2 Å². The van der Waals surface area contributed by atoms with Crippen molar-refractivity contribution in [3.8, 4) is 0 Å². The van der Waals surface area contributed by atoms with E-state index in [0.717, 1.165) is 28.9 Å². The van der Waals surface area contributed by atoms with E-state index < -0.39 is 11.6 Å². The highest BCUT2D eigenvalue weighted by atomic mass is 16.2. The summed E-state index contributed by atoms with van der Waals surface area (Å²) in [5.41, 5.74) is 1.90. The van der Waals surface area contributed by atoms with E-state index in [-0.39, 0.29) is 24.3 Å². The van der Waals surface area contributed by atoms with E-state index in [0.29, 0.717) is 5.69 Å². The Balaban J connectivity index is 1.68. The lowest BCUT2D eigenvalue weighted by atomic mass is 9.96. The van der Waals surface area contributed by atoms with Crippen LogP contribution in [0.3, 0.4) is 0 Å². The quantitative estimate of drug-likeness (QED) is 0.834. The number of nitrogens with zero attached hydrogens (tertiary/aromatic N) is 1. The molecular weight excluding hydrogens is 294 g/mol. The predicted octanol–water partition coefficient (Wildman–Crippen LogP) is 1.96. The maximum absolute atomic E-state index is 12.5. The lowest BCUT2D eigenvalue weighted by molar-refractivity contribution is -0.134. The second kappa shape index (κ2) is 5.37. The average molecular weight is 315 g/mol. The molecule has 1 aliphatic carbocycles. The minimum absolute atomic E-state index is 0.187. The standard InChI is InChI=1S/C17H21N3O3/c1-10-6-11(2)8-13(7-10)18-14(21)9-20-15(22)17(3,12-4-5-12)19-16(20)23/h6-8,12H,4-5,9H2,1-3H3,(H,18,21)(H,19,23)/t17-/m1/s1. The van der Waals surface area contributed by atoms with E-state index >= 15 is 0 Å². The van der Waals surface area contributed by atoms with Crippen molar-refractivity contribution < 1.29 is 14.4 Å². The summed E-state index contributed by atoms with van der Waals surface area (Å²) in [4.78, 5) is 37.7. The van der Waals surface area contributed by atoms with Crippen LogP contribution in [0.25, 0.3) is 0 Å². The number of hydrogen-bond donors (Lipinski definition) is 2. The summed E-state index contributed by atoms with van der Waals surface area (Å²) in [6.07, 6.45) is 1.87. The molecule has 6 heteroatoms. The van der Waals surface area contributed by atoms with Crippen LogP contribution >= 0.6 is 0 Å². The second-order valence-corrected chi connectivity index (χ2v) is 6.72. The Labute approximate surface area is 135 Å². The first-order chi connectivity index (χ1) is 10.8. The summed E-state index contributed by atoms with van der Waals surface area (Å²) >= 11 is 0. The molecule has 1 saturated heterocycles. The zero-order chi connectivity index (χ0) is 16.8. The molecule has 122 valence electrons. The van der Waals surface area contributed by atoms with E-state index in [1.165, 1.54) is 0 Å². The van der Waals surface area contributed by atoms with Gasteiger partial charge in [0.15, 0.2) is 0 Å². The lowest BCUT2D eigenvalue weighted by Gasteiger charge is -2.20. The normalized spacial score (nSPS) is 23.9. The molecule has 1 atom stereocenters. The van der Waals surface area contributed by atoms with Gasteiger partial charge in [-0.3, -0.25) is 14.5 Å². The van der Waals surface area contributed by atoms with E-state index in [1.54, 1.807) is 6.92 Å². The molecule has 2 aliphatic rings. The first-order valence-corrected chi connectivity index (χ1v) is 7.82. The molecule has 1 aliphatic heterocycles. The van der Waals surface area contributed by atoms with Gasteiger partial charge in [0.1, 0.15) is 12.1 Å². The van der Waals surface area contributed by atoms with Crippen molar-refractivity contribution in [1.29, 1.82) is 0 Å². The monoisotopic (exact) mass is 315 g/mol. The van der Waals surface area contributed by atoms with Crippen molar-refractivity contribution in [1.82, 2.24) is 10.2 Å². The van der Waals surface area contributed by atoms with Crippen molar-refractivity contribution in [3.63, 3.8) is 0 Å². The number of rotatable bonds is 4. The average Bonchev–Trinajstić information content (AvgIpc) is 3.24. The minimum Gasteiger partial charge on any atom is -0.325 e. The highest BCUT2D eigenvalue weighted by Gasteiger charge is 2.56. The molecule has 0 aromatic heterocycles. The summed E-state index contributed by atoms with van der Waals surface area (Å²) in [7, 11) is 0. The highest BCUT2D eigenvalue weighted by molar-refractivity contribution is 6.10. The molecule has 6 nitrogen and oxygen atoms in total. The van der Waals surface area contributed by atoms with Crippen molar-refractivity contribution in [2.75, 3.05) is 11.9 Å². The van der Waals surface area contributed by atoms with E-state index in [2.05, 4.69) is 10.6 Å². The van der Waals surface area contributed by atoms with Crippen molar-refractivity contribution in [2.24, 2.45) is 5.92 Å². The van der Waals surface area contributed by atoms with Crippen LogP contribution in [-0.4, -0.2) is 34.8 Å². The Bertz CT molecular complexity index is 676. The third-order valence-corrected chi connectivity index (χ3v) is 4.50. The van der Waals surface area contributed by atoms with Gasteiger partial charge in [0, 0.05) is 5.69 Å². The first kappa shape index (κ1) is 15.5. The van der Waals surface area contributed by atoms with Crippen LogP contribution in [0.1, 0.15) is 30.9 Å². The Morgan fingerprint density at radius 2 is 1.87 bits per heavy atom. The van der Waals surface area contributed by atoms with Crippen LogP contribution < -0.4 is 10.6 Å². The number of hydrogen-bond acceptors (Lipinski definition) is 3. The van der Waals surface area contributed by atoms with E-state index in [9.17, 15) is 14.4 Å². The zero-order valence-electron chi connectivity index (χ0n) is 13.6. The third-order valence-electron chi connectivity index (χ3n) is 4.50. The lowest BCUT2D eigenvalue weighted by Crippen LogP contribution is -2.46. The van der Waals surface area contributed by atoms with Gasteiger partial charge in [-0.15, -0.1) is 0 Å². The molecule has 2 fully saturated rings. The number of nitrogens with one attached hydrogen (secondary N) is 2. The van der Waals surface area contributed by atoms with Crippen molar-refractivity contribution in [3.05, 3.63) is 29.3 Å². The fraction of sp³-hybridized carbons (Fsp3) is 0.471. The number of carbonyl (C=O) groups is 3. The molecule has 1 aromatic rings. The number of anilines is 1. The van der Waals surface area contributed by atoms with Crippen LogP contribution in [-0.2, 0) is 9.59 Å². The highest BCUT2D eigenvalue weighted by Crippen LogP contribution is 2.42. The molecule has 23 heavy (non-hydrogen) atoms. The first-order valence-electron chi connectivity index (χ1n) is 7.82. The molecule has 1 heterocycles. The van der Waals surface area contributed by atoms with Gasteiger partial charge in [-0.1, -0.05) is 6.07 Å². The molecule has 0 spiro atoms. The third kappa shape index (κ3) is 2.93. The van der Waals surface area contributed by atoms with Gasteiger partial charge < -0.3 is 10.6 Å². The molecule has 3 rings (SSSR count). The Morgan fingerprint density at radius 1 is 1.26 bits per heavy atom. The Kier molecular flexibility index (Phi) is 3.62.